The van der Waals surface area contributed by atoms with Gasteiger partial charge in [-0.3, -0.25) is 4.98 Å². The van der Waals surface area contributed by atoms with Crippen LogP contribution in [-0.4, -0.2) is 31.3 Å². The molecule has 104 valence electrons. The highest BCUT2D eigenvalue weighted by Crippen LogP contribution is 2.22. The minimum absolute atomic E-state index is 0.809. The first-order valence-electron chi connectivity index (χ1n) is 6.61. The lowest BCUT2D eigenvalue weighted by Gasteiger charge is -2.28. The fourth-order valence-electron chi connectivity index (χ4n) is 2.22. The number of morpholine rings is 1. The zero-order valence-corrected chi connectivity index (χ0v) is 12.6. The maximum atomic E-state index is 5.37. The second-order valence-electron chi connectivity index (χ2n) is 4.66. The number of nitrogens with one attached hydrogen (secondary N) is 1. The molecule has 2 heterocycles. The molecule has 1 aromatic carbocycles. The molecule has 1 N–H and O–H groups in total. The quantitative estimate of drug-likeness (QED) is 0.933. The van der Waals surface area contributed by atoms with E-state index in [4.69, 9.17) is 4.74 Å². The summed E-state index contributed by atoms with van der Waals surface area (Å²) in [6.45, 7) is 3.54. The molecule has 1 aromatic heterocycles. The summed E-state index contributed by atoms with van der Waals surface area (Å²) in [4.78, 5) is 6.48. The third-order valence-electron chi connectivity index (χ3n) is 3.24. The van der Waals surface area contributed by atoms with Gasteiger partial charge < -0.3 is 15.0 Å². The normalized spacial score (nSPS) is 15.2. The first-order chi connectivity index (χ1) is 9.81. The number of rotatable bonds is 3. The van der Waals surface area contributed by atoms with E-state index in [-0.39, 0.29) is 0 Å². The number of pyridine rings is 1. The van der Waals surface area contributed by atoms with Crippen LogP contribution in [0.15, 0.2) is 47.2 Å². The Bertz CT molecular complexity index is 568. The number of aromatic nitrogens is 1. The molecule has 0 saturated carbocycles. The molecule has 2 aromatic rings. The van der Waals surface area contributed by atoms with Gasteiger partial charge >= 0.3 is 0 Å². The van der Waals surface area contributed by atoms with Crippen LogP contribution in [0.5, 0.6) is 0 Å². The Labute approximate surface area is 126 Å². The van der Waals surface area contributed by atoms with Crippen molar-refractivity contribution in [3.05, 3.63) is 47.2 Å². The molecule has 0 bridgehead atoms. The molecule has 0 radical (unpaired) electrons. The molecule has 1 fully saturated rings. The average Bonchev–Trinajstić information content (AvgIpc) is 2.49. The summed E-state index contributed by atoms with van der Waals surface area (Å²) in [6, 6.07) is 10.5. The zero-order chi connectivity index (χ0) is 13.8. The smallest absolute Gasteiger partial charge is 0.0642 e. The molecular weight excluding hydrogens is 318 g/mol. The van der Waals surface area contributed by atoms with E-state index in [9.17, 15) is 0 Å². The van der Waals surface area contributed by atoms with Gasteiger partial charge in [-0.05, 0) is 46.3 Å². The van der Waals surface area contributed by atoms with Gasteiger partial charge in [0.05, 0.1) is 25.1 Å². The summed E-state index contributed by atoms with van der Waals surface area (Å²) in [7, 11) is 0. The van der Waals surface area contributed by atoms with Gasteiger partial charge in [0.25, 0.3) is 0 Å². The third-order valence-corrected chi connectivity index (χ3v) is 3.67. The van der Waals surface area contributed by atoms with E-state index in [0.717, 1.165) is 42.2 Å². The van der Waals surface area contributed by atoms with E-state index < -0.39 is 0 Å². The van der Waals surface area contributed by atoms with E-state index in [2.05, 4.69) is 55.4 Å². The SMILES string of the molecule is Brc1cncc(Nc2ccc(N3CCOCC3)cc2)c1. The van der Waals surface area contributed by atoms with E-state index >= 15 is 0 Å². The summed E-state index contributed by atoms with van der Waals surface area (Å²) in [5.74, 6) is 0. The molecule has 1 saturated heterocycles. The minimum Gasteiger partial charge on any atom is -0.378 e. The molecule has 4 nitrogen and oxygen atoms in total. The number of ether oxygens (including phenoxy) is 1. The van der Waals surface area contributed by atoms with Crippen LogP contribution < -0.4 is 10.2 Å². The molecule has 0 amide bonds. The lowest BCUT2D eigenvalue weighted by molar-refractivity contribution is 0.122. The maximum Gasteiger partial charge on any atom is 0.0642 e. The Morgan fingerprint density at radius 3 is 2.50 bits per heavy atom. The Hall–Kier alpha value is -1.59. The molecule has 1 aliphatic heterocycles. The fraction of sp³-hybridized carbons (Fsp3) is 0.267. The third kappa shape index (κ3) is 3.29. The molecular formula is C15H16BrN3O. The number of hydrogen-bond acceptors (Lipinski definition) is 4. The Kier molecular flexibility index (Phi) is 4.18. The van der Waals surface area contributed by atoms with Gasteiger partial charge in [0, 0.05) is 35.1 Å². The van der Waals surface area contributed by atoms with Gasteiger partial charge in [-0.2, -0.15) is 0 Å². The highest BCUT2D eigenvalue weighted by molar-refractivity contribution is 9.10. The highest BCUT2D eigenvalue weighted by atomic mass is 79.9. The topological polar surface area (TPSA) is 37.4 Å². The van der Waals surface area contributed by atoms with Crippen molar-refractivity contribution in [2.45, 2.75) is 0 Å². The first kappa shape index (κ1) is 13.4. The summed E-state index contributed by atoms with van der Waals surface area (Å²) in [5, 5.41) is 3.34. The van der Waals surface area contributed by atoms with Crippen LogP contribution in [0.25, 0.3) is 0 Å². The number of benzene rings is 1. The standard InChI is InChI=1S/C15H16BrN3O/c16-12-9-14(11-17-10-12)18-13-1-3-15(4-2-13)19-5-7-20-8-6-19/h1-4,9-11,18H,5-8H2. The molecule has 1 aliphatic rings. The summed E-state index contributed by atoms with van der Waals surface area (Å²) in [5.41, 5.74) is 3.27. The molecule has 0 spiro atoms. The van der Waals surface area contributed by atoms with E-state index in [1.54, 1.807) is 12.4 Å². The second-order valence-corrected chi connectivity index (χ2v) is 5.58. The predicted octanol–water partition coefficient (Wildman–Crippen LogP) is 3.42. The zero-order valence-electron chi connectivity index (χ0n) is 11.1. The van der Waals surface area contributed by atoms with Crippen LogP contribution in [-0.2, 0) is 4.74 Å². The number of hydrogen-bond donors (Lipinski definition) is 1. The van der Waals surface area contributed by atoms with Gasteiger partial charge in [0.15, 0.2) is 0 Å². The van der Waals surface area contributed by atoms with Crippen LogP contribution in [0.2, 0.25) is 0 Å². The Balaban J connectivity index is 1.69. The Morgan fingerprint density at radius 2 is 1.80 bits per heavy atom. The predicted molar refractivity (Wildman–Crippen MR) is 84.7 cm³/mol. The van der Waals surface area contributed by atoms with Crippen molar-refractivity contribution in [1.29, 1.82) is 0 Å². The molecule has 20 heavy (non-hydrogen) atoms. The Morgan fingerprint density at radius 1 is 1.05 bits per heavy atom. The number of halogens is 1. The van der Waals surface area contributed by atoms with E-state index in [0.29, 0.717) is 0 Å². The van der Waals surface area contributed by atoms with Crippen molar-refractivity contribution in [2.75, 3.05) is 36.5 Å². The maximum absolute atomic E-state index is 5.37. The summed E-state index contributed by atoms with van der Waals surface area (Å²) >= 11 is 3.42. The fourth-order valence-corrected chi connectivity index (χ4v) is 2.59. The van der Waals surface area contributed by atoms with Crippen molar-refractivity contribution >= 4 is 33.0 Å². The van der Waals surface area contributed by atoms with Gasteiger partial charge in [-0.25, -0.2) is 0 Å². The summed E-state index contributed by atoms with van der Waals surface area (Å²) < 4.78 is 6.33. The van der Waals surface area contributed by atoms with Gasteiger partial charge in [-0.15, -0.1) is 0 Å². The average molecular weight is 334 g/mol. The van der Waals surface area contributed by atoms with Gasteiger partial charge in [0.1, 0.15) is 0 Å². The lowest BCUT2D eigenvalue weighted by Crippen LogP contribution is -2.36. The minimum atomic E-state index is 0.809. The summed E-state index contributed by atoms with van der Waals surface area (Å²) in [6.07, 6.45) is 3.58. The van der Waals surface area contributed by atoms with Crippen LogP contribution in [0, 0.1) is 0 Å². The largest absolute Gasteiger partial charge is 0.378 e. The molecule has 0 aliphatic carbocycles. The van der Waals surface area contributed by atoms with Gasteiger partial charge in [-0.1, -0.05) is 0 Å². The van der Waals surface area contributed by atoms with E-state index in [1.807, 2.05) is 6.07 Å². The van der Waals surface area contributed by atoms with E-state index in [1.165, 1.54) is 5.69 Å². The van der Waals surface area contributed by atoms with Crippen molar-refractivity contribution in [1.82, 2.24) is 4.98 Å². The molecule has 0 unspecified atom stereocenters. The first-order valence-corrected chi connectivity index (χ1v) is 7.41. The van der Waals surface area contributed by atoms with Crippen LogP contribution in [0.3, 0.4) is 0 Å². The highest BCUT2D eigenvalue weighted by Gasteiger charge is 2.10. The molecule has 3 rings (SSSR count). The van der Waals surface area contributed by atoms with Crippen LogP contribution in [0.4, 0.5) is 17.1 Å². The van der Waals surface area contributed by atoms with Crippen molar-refractivity contribution in [2.24, 2.45) is 0 Å². The number of nitrogens with zero attached hydrogens (tertiary/aromatic N) is 2. The van der Waals surface area contributed by atoms with Crippen molar-refractivity contribution < 1.29 is 4.74 Å². The monoisotopic (exact) mass is 333 g/mol. The van der Waals surface area contributed by atoms with Crippen LogP contribution >= 0.6 is 15.9 Å². The number of anilines is 3. The second kappa shape index (κ2) is 6.24. The lowest BCUT2D eigenvalue weighted by atomic mass is 10.2. The van der Waals surface area contributed by atoms with Crippen LogP contribution in [0.1, 0.15) is 0 Å². The molecule has 0 atom stereocenters. The van der Waals surface area contributed by atoms with Crippen molar-refractivity contribution in [3.8, 4) is 0 Å². The van der Waals surface area contributed by atoms with Crippen molar-refractivity contribution in [3.63, 3.8) is 0 Å². The molecule has 5 heteroatoms. The van der Waals surface area contributed by atoms with Gasteiger partial charge in [0.2, 0.25) is 0 Å².